The number of amides is 4. The normalized spacial score (nSPS) is 13.2. The quantitative estimate of drug-likeness (QED) is 0.185. The Bertz CT molecular complexity index is 1170. The third-order valence-corrected chi connectivity index (χ3v) is 6.35. The number of rotatable bonds is 8. The largest absolute Gasteiger partial charge is 0.462 e. The van der Waals surface area contributed by atoms with E-state index < -0.39 is 47.3 Å². The van der Waals surface area contributed by atoms with Crippen molar-refractivity contribution in [2.24, 2.45) is 5.41 Å². The third kappa shape index (κ3) is 8.47. The number of carbonyl (C=O) groups excluding carboxylic acids is 3. The van der Waals surface area contributed by atoms with Gasteiger partial charge in [0.05, 0.1) is 21.4 Å². The first-order valence-corrected chi connectivity index (χ1v) is 12.3. The van der Waals surface area contributed by atoms with Crippen molar-refractivity contribution < 1.29 is 32.3 Å². The maximum absolute atomic E-state index is 13.4. The van der Waals surface area contributed by atoms with Crippen molar-refractivity contribution in [1.82, 2.24) is 20.7 Å². The molecule has 0 aromatic heterocycles. The maximum atomic E-state index is 13.4. The Kier molecular flexibility index (Phi) is 9.90. The minimum absolute atomic E-state index is 0.0869. The maximum Gasteiger partial charge on any atom is 0.416 e. The zero-order valence-electron chi connectivity index (χ0n) is 21.7. The van der Waals surface area contributed by atoms with Crippen molar-refractivity contribution in [2.75, 3.05) is 19.4 Å². The van der Waals surface area contributed by atoms with Crippen LogP contribution in [0.4, 0.5) is 28.4 Å². The molecule has 1 atom stereocenters. The molecule has 13 heteroatoms. The number of anilines is 1. The lowest BCUT2D eigenvalue weighted by Gasteiger charge is -2.32. The van der Waals surface area contributed by atoms with Crippen molar-refractivity contribution in [3.05, 3.63) is 59.2 Å². The summed E-state index contributed by atoms with van der Waals surface area (Å²) in [5.41, 5.74) is 3.82. The molecule has 0 spiro atoms. The van der Waals surface area contributed by atoms with Gasteiger partial charge < -0.3 is 26.4 Å². The van der Waals surface area contributed by atoms with E-state index in [1.807, 2.05) is 0 Å². The van der Waals surface area contributed by atoms with E-state index >= 15 is 0 Å². The minimum Gasteiger partial charge on any atom is -0.462 e. The Morgan fingerprint density at radius 3 is 2.21 bits per heavy atom. The van der Waals surface area contributed by atoms with E-state index in [-0.39, 0.29) is 12.1 Å². The molecule has 1 unspecified atom stereocenters. The molecule has 0 fully saturated rings. The van der Waals surface area contributed by atoms with E-state index in [0.717, 1.165) is 24.1 Å². The predicted molar refractivity (Wildman–Crippen MR) is 139 cm³/mol. The Hall–Kier alpha value is -3.61. The molecule has 2 aromatic rings. The van der Waals surface area contributed by atoms with Crippen molar-refractivity contribution >= 4 is 35.7 Å². The van der Waals surface area contributed by atoms with Gasteiger partial charge in [-0.15, -0.1) is 0 Å². The zero-order valence-corrected chi connectivity index (χ0v) is 22.5. The average Bonchev–Trinajstić information content (AvgIpc) is 2.84. The highest BCUT2D eigenvalue weighted by atomic mass is 32.2. The summed E-state index contributed by atoms with van der Waals surface area (Å²) in [5, 5.41) is 7.69. The first kappa shape index (κ1) is 30.6. The van der Waals surface area contributed by atoms with Crippen LogP contribution < -0.4 is 26.4 Å². The summed E-state index contributed by atoms with van der Waals surface area (Å²) in [6.07, 6.45) is -4.61. The molecule has 38 heavy (non-hydrogen) atoms. The second-order valence-corrected chi connectivity index (χ2v) is 10.5. The molecular formula is C25H32F3N5O4S. The van der Waals surface area contributed by atoms with Crippen molar-refractivity contribution in [3.8, 4) is 0 Å². The highest BCUT2D eigenvalue weighted by Crippen LogP contribution is 2.33. The van der Waals surface area contributed by atoms with Crippen LogP contribution in [-0.2, 0) is 27.8 Å². The van der Waals surface area contributed by atoms with E-state index in [4.69, 9.17) is 10.5 Å². The highest BCUT2D eigenvalue weighted by molar-refractivity contribution is 7.98. The predicted octanol–water partition coefficient (Wildman–Crippen LogP) is 4.53. The molecule has 9 nitrogen and oxygen atoms in total. The molecule has 208 valence electrons. The van der Waals surface area contributed by atoms with Crippen LogP contribution in [0.25, 0.3) is 0 Å². The van der Waals surface area contributed by atoms with Crippen LogP contribution in [0.3, 0.4) is 0 Å². The van der Waals surface area contributed by atoms with Crippen LogP contribution in [-0.4, -0.2) is 31.7 Å². The van der Waals surface area contributed by atoms with Crippen LogP contribution in [0.2, 0.25) is 0 Å². The minimum atomic E-state index is -4.61. The topological polar surface area (TPSA) is 135 Å². The van der Waals surface area contributed by atoms with Gasteiger partial charge in [0.15, 0.2) is 0 Å². The van der Waals surface area contributed by atoms with Gasteiger partial charge in [0, 0.05) is 19.3 Å². The molecule has 0 bridgehead atoms. The average molecular weight is 556 g/mol. The highest BCUT2D eigenvalue weighted by Gasteiger charge is 2.36. The summed E-state index contributed by atoms with van der Waals surface area (Å²) in [6, 6.07) is 8.28. The van der Waals surface area contributed by atoms with Gasteiger partial charge in [-0.3, -0.25) is 9.52 Å². The Balaban J connectivity index is 2.27. The third-order valence-electron chi connectivity index (χ3n) is 5.36. The van der Waals surface area contributed by atoms with Crippen molar-refractivity contribution in [3.63, 3.8) is 0 Å². The van der Waals surface area contributed by atoms with Gasteiger partial charge in [-0.1, -0.05) is 24.3 Å². The van der Waals surface area contributed by atoms with E-state index in [0.29, 0.717) is 16.1 Å². The van der Waals surface area contributed by atoms with Gasteiger partial charge in [-0.25, -0.2) is 9.59 Å². The molecule has 0 aliphatic carbocycles. The van der Waals surface area contributed by atoms with Crippen LogP contribution in [0.1, 0.15) is 44.4 Å². The second-order valence-electron chi connectivity index (χ2n) is 9.66. The standard InChI is InChI=1S/C25H32F3N5O4S/c1-23(2,3)20(34)37-14-24(4,16-9-7-10-17(12-16)25(26,27)28)32-22(36)33-38-19-15(8-6-11-18(19)29)13-31-21(35)30-5/h6-12H,13-14,29H2,1-5H3,(H2,30,31,35)(H2,32,33,36). The number of nitrogens with two attached hydrogens (primary N) is 1. The van der Waals surface area contributed by atoms with Gasteiger partial charge in [-0.05, 0) is 69.0 Å². The molecule has 0 saturated heterocycles. The van der Waals surface area contributed by atoms with Gasteiger partial charge in [-0.2, -0.15) is 13.2 Å². The van der Waals surface area contributed by atoms with E-state index in [9.17, 15) is 27.6 Å². The molecule has 0 saturated carbocycles. The van der Waals surface area contributed by atoms with E-state index in [1.54, 1.807) is 39.0 Å². The molecule has 2 rings (SSSR count). The number of urea groups is 2. The summed E-state index contributed by atoms with van der Waals surface area (Å²) in [6.45, 7) is 6.06. The fourth-order valence-corrected chi connectivity index (χ4v) is 3.87. The Labute approximate surface area is 223 Å². The second kappa shape index (κ2) is 12.3. The summed E-state index contributed by atoms with van der Waals surface area (Å²) in [5.74, 6) is -0.586. The van der Waals surface area contributed by atoms with Gasteiger partial charge in [0.2, 0.25) is 0 Å². The monoisotopic (exact) mass is 555 g/mol. The zero-order chi connectivity index (χ0) is 28.7. The number of nitrogens with one attached hydrogen (secondary N) is 4. The molecule has 2 aromatic carbocycles. The number of halogens is 3. The van der Waals surface area contributed by atoms with Crippen LogP contribution >= 0.6 is 11.9 Å². The molecule has 4 amide bonds. The Morgan fingerprint density at radius 2 is 1.61 bits per heavy atom. The fraction of sp³-hybridized carbons (Fsp3) is 0.400. The number of esters is 1. The fourth-order valence-electron chi connectivity index (χ4n) is 3.16. The van der Waals surface area contributed by atoms with Crippen molar-refractivity contribution in [2.45, 2.75) is 50.9 Å². The smallest absolute Gasteiger partial charge is 0.416 e. The van der Waals surface area contributed by atoms with Crippen LogP contribution in [0.15, 0.2) is 47.4 Å². The number of carbonyl (C=O) groups is 3. The molecule has 0 aliphatic heterocycles. The summed E-state index contributed by atoms with van der Waals surface area (Å²) >= 11 is 0.866. The van der Waals surface area contributed by atoms with Gasteiger partial charge >= 0.3 is 24.2 Å². The Morgan fingerprint density at radius 1 is 0.974 bits per heavy atom. The van der Waals surface area contributed by atoms with E-state index in [1.165, 1.54) is 26.1 Å². The van der Waals surface area contributed by atoms with Crippen LogP contribution in [0.5, 0.6) is 0 Å². The number of nitrogen functional groups attached to an aromatic ring is 1. The lowest BCUT2D eigenvalue weighted by atomic mass is 9.91. The molecule has 0 heterocycles. The first-order chi connectivity index (χ1) is 17.6. The van der Waals surface area contributed by atoms with Crippen molar-refractivity contribution in [1.29, 1.82) is 0 Å². The molecule has 0 radical (unpaired) electrons. The van der Waals surface area contributed by atoms with Gasteiger partial charge in [0.25, 0.3) is 0 Å². The summed E-state index contributed by atoms with van der Waals surface area (Å²) in [7, 11) is 1.47. The van der Waals surface area contributed by atoms with Crippen LogP contribution in [0, 0.1) is 5.41 Å². The molecule has 0 aliphatic rings. The number of benzene rings is 2. The lowest BCUT2D eigenvalue weighted by Crippen LogP contribution is -2.50. The summed E-state index contributed by atoms with van der Waals surface area (Å²) in [4.78, 5) is 37.3. The number of hydrogen-bond acceptors (Lipinski definition) is 6. The van der Waals surface area contributed by atoms with E-state index in [2.05, 4.69) is 20.7 Å². The number of alkyl halides is 3. The lowest BCUT2D eigenvalue weighted by molar-refractivity contribution is -0.155. The SMILES string of the molecule is CNC(=O)NCc1cccc(N)c1SNC(=O)NC(C)(COC(=O)C(C)(C)C)c1cccc(C(F)(F)F)c1. The summed E-state index contributed by atoms with van der Waals surface area (Å²) < 4.78 is 48.1. The first-order valence-electron chi connectivity index (χ1n) is 11.5. The number of ether oxygens (including phenoxy) is 1. The van der Waals surface area contributed by atoms with Gasteiger partial charge in [0.1, 0.15) is 6.61 Å². The molecular weight excluding hydrogens is 523 g/mol. The molecule has 6 N–H and O–H groups in total. The number of hydrogen-bond donors (Lipinski definition) is 5.